The number of rotatable bonds is 8. The first-order valence-electron chi connectivity index (χ1n) is 9.93. The van der Waals surface area contributed by atoms with Gasteiger partial charge in [-0.3, -0.25) is 9.59 Å². The largest absolute Gasteiger partial charge is 0.494 e. The number of nitrogens with one attached hydrogen (secondary N) is 2. The Morgan fingerprint density at radius 3 is 2.29 bits per heavy atom. The second-order valence-electron chi connectivity index (χ2n) is 7.48. The average Bonchev–Trinajstić information content (AvgIpc) is 2.67. The lowest BCUT2D eigenvalue weighted by Gasteiger charge is -2.35. The van der Waals surface area contributed by atoms with Gasteiger partial charge in [0.05, 0.1) is 6.61 Å². The maximum Gasteiger partial charge on any atom is 0.251 e. The van der Waals surface area contributed by atoms with Gasteiger partial charge in [-0.05, 0) is 69.5 Å². The van der Waals surface area contributed by atoms with E-state index in [1.165, 1.54) is 0 Å². The highest BCUT2D eigenvalue weighted by molar-refractivity contribution is 5.97. The molecule has 0 aromatic heterocycles. The van der Waals surface area contributed by atoms with Gasteiger partial charge in [0.15, 0.2) is 0 Å². The van der Waals surface area contributed by atoms with E-state index in [2.05, 4.69) is 10.6 Å². The minimum atomic E-state index is -0.509. The van der Waals surface area contributed by atoms with Crippen LogP contribution in [0.15, 0.2) is 24.3 Å². The number of benzene rings is 1. The van der Waals surface area contributed by atoms with Crippen molar-refractivity contribution in [1.29, 1.82) is 0 Å². The molecule has 1 atom stereocenters. The monoisotopic (exact) mass is 411 g/mol. The fourth-order valence-electron chi connectivity index (χ4n) is 3.45. The van der Waals surface area contributed by atoms with Crippen molar-refractivity contribution in [2.45, 2.75) is 39.7 Å². The molecule has 0 saturated carbocycles. The molecule has 2 N–H and O–H groups in total. The number of likely N-dealkylation sites (tertiary alicyclic amines) is 1. The highest BCUT2D eigenvalue weighted by Crippen LogP contribution is 2.19. The molecule has 1 heterocycles. The van der Waals surface area contributed by atoms with Crippen LogP contribution in [0, 0.1) is 11.8 Å². The maximum absolute atomic E-state index is 13.0. The number of ether oxygens (including phenoxy) is 1. The number of carbonyl (C=O) groups is 2. The van der Waals surface area contributed by atoms with Crippen LogP contribution < -0.4 is 15.4 Å². The summed E-state index contributed by atoms with van der Waals surface area (Å²) in [6.45, 7) is 8.94. The quantitative estimate of drug-likeness (QED) is 0.690. The predicted octanol–water partition coefficient (Wildman–Crippen LogP) is 2.72. The third-order valence-corrected chi connectivity index (χ3v) is 5.07. The van der Waals surface area contributed by atoms with Gasteiger partial charge in [-0.1, -0.05) is 13.8 Å². The molecule has 1 saturated heterocycles. The van der Waals surface area contributed by atoms with Crippen molar-refractivity contribution in [2.24, 2.45) is 11.8 Å². The van der Waals surface area contributed by atoms with Crippen LogP contribution in [0.25, 0.3) is 0 Å². The van der Waals surface area contributed by atoms with E-state index in [1.54, 1.807) is 24.3 Å². The Morgan fingerprint density at radius 1 is 1.18 bits per heavy atom. The number of nitrogens with zero attached hydrogens (tertiary/aromatic N) is 1. The lowest BCUT2D eigenvalue weighted by atomic mass is 9.95. The molecular formula is C21H34ClN3O3. The van der Waals surface area contributed by atoms with Crippen LogP contribution in [0.3, 0.4) is 0 Å². The number of amides is 2. The molecule has 1 aliphatic rings. The molecule has 1 fully saturated rings. The average molecular weight is 412 g/mol. The lowest BCUT2D eigenvalue weighted by molar-refractivity contribution is -0.135. The van der Waals surface area contributed by atoms with Crippen LogP contribution in [-0.4, -0.2) is 56.0 Å². The number of hydrogen-bond acceptors (Lipinski definition) is 4. The second kappa shape index (κ2) is 11.9. The zero-order valence-corrected chi connectivity index (χ0v) is 18.2. The third-order valence-electron chi connectivity index (χ3n) is 5.07. The summed E-state index contributed by atoms with van der Waals surface area (Å²) in [5.74, 6) is 1.17. The summed E-state index contributed by atoms with van der Waals surface area (Å²) in [4.78, 5) is 27.5. The fraction of sp³-hybridized carbons (Fsp3) is 0.619. The fourth-order valence-corrected chi connectivity index (χ4v) is 3.45. The molecule has 6 nitrogen and oxygen atoms in total. The van der Waals surface area contributed by atoms with Crippen LogP contribution >= 0.6 is 12.4 Å². The van der Waals surface area contributed by atoms with Gasteiger partial charge >= 0.3 is 0 Å². The van der Waals surface area contributed by atoms with Crippen LogP contribution in [0.1, 0.15) is 44.0 Å². The second-order valence-corrected chi connectivity index (χ2v) is 7.48. The van der Waals surface area contributed by atoms with Gasteiger partial charge in [-0.15, -0.1) is 12.4 Å². The van der Waals surface area contributed by atoms with Gasteiger partial charge in [0.25, 0.3) is 5.91 Å². The molecule has 0 bridgehead atoms. The van der Waals surface area contributed by atoms with Crippen LogP contribution in [0.4, 0.5) is 0 Å². The van der Waals surface area contributed by atoms with Crippen molar-refractivity contribution in [3.63, 3.8) is 0 Å². The Morgan fingerprint density at radius 2 is 1.79 bits per heavy atom. The van der Waals surface area contributed by atoms with E-state index in [-0.39, 0.29) is 30.1 Å². The molecule has 28 heavy (non-hydrogen) atoms. The summed E-state index contributed by atoms with van der Waals surface area (Å²) in [5, 5.41) is 6.14. The molecular weight excluding hydrogens is 378 g/mol. The van der Waals surface area contributed by atoms with Crippen molar-refractivity contribution in [2.75, 3.05) is 33.3 Å². The minimum absolute atomic E-state index is 0. The first-order chi connectivity index (χ1) is 13.0. The molecule has 7 heteroatoms. The van der Waals surface area contributed by atoms with Gasteiger partial charge in [-0.2, -0.15) is 0 Å². The Hall–Kier alpha value is -1.79. The van der Waals surface area contributed by atoms with E-state index in [1.807, 2.05) is 32.7 Å². The Kier molecular flexibility index (Phi) is 10.3. The summed E-state index contributed by atoms with van der Waals surface area (Å²) in [7, 11) is 1.96. The minimum Gasteiger partial charge on any atom is -0.494 e. The number of halogens is 1. The summed E-state index contributed by atoms with van der Waals surface area (Å²) in [5.41, 5.74) is 0.532. The van der Waals surface area contributed by atoms with Gasteiger partial charge in [-0.25, -0.2) is 0 Å². The normalized spacial score (nSPS) is 15.7. The highest BCUT2D eigenvalue weighted by Gasteiger charge is 2.31. The van der Waals surface area contributed by atoms with Gasteiger partial charge in [0, 0.05) is 18.7 Å². The van der Waals surface area contributed by atoms with Crippen molar-refractivity contribution in [3.05, 3.63) is 29.8 Å². The van der Waals surface area contributed by atoms with Crippen LogP contribution in [-0.2, 0) is 4.79 Å². The molecule has 0 radical (unpaired) electrons. The van der Waals surface area contributed by atoms with E-state index in [4.69, 9.17) is 4.74 Å². The zero-order valence-electron chi connectivity index (χ0n) is 17.4. The molecule has 158 valence electrons. The molecule has 1 aromatic carbocycles. The number of hydrogen-bond donors (Lipinski definition) is 2. The Labute approximate surface area is 174 Å². The molecule has 2 amide bonds. The van der Waals surface area contributed by atoms with E-state index < -0.39 is 6.04 Å². The van der Waals surface area contributed by atoms with E-state index in [0.29, 0.717) is 18.1 Å². The zero-order chi connectivity index (χ0) is 19.8. The van der Waals surface area contributed by atoms with Crippen molar-refractivity contribution < 1.29 is 14.3 Å². The van der Waals surface area contributed by atoms with Crippen LogP contribution in [0.5, 0.6) is 5.75 Å². The van der Waals surface area contributed by atoms with Gasteiger partial charge in [0.1, 0.15) is 11.8 Å². The van der Waals surface area contributed by atoms with Crippen molar-refractivity contribution in [1.82, 2.24) is 15.5 Å². The Balaban J connectivity index is 0.00000392. The smallest absolute Gasteiger partial charge is 0.251 e. The van der Waals surface area contributed by atoms with Crippen molar-refractivity contribution >= 4 is 24.2 Å². The summed E-state index contributed by atoms with van der Waals surface area (Å²) < 4.78 is 5.41. The standard InChI is InChI=1S/C21H33N3O3.ClH/c1-5-27-18-8-6-17(7-9-18)20(25)23-19(15(2)3)21(26)24-12-10-16(11-13-24)14-22-4;/h6-9,15-16,19,22H,5,10-14H2,1-4H3,(H,23,25);1H. The first kappa shape index (κ1) is 24.2. The first-order valence-corrected chi connectivity index (χ1v) is 9.93. The number of carbonyl (C=O) groups excluding carboxylic acids is 2. The molecule has 1 aromatic rings. The predicted molar refractivity (Wildman–Crippen MR) is 114 cm³/mol. The third kappa shape index (κ3) is 6.67. The van der Waals surface area contributed by atoms with Gasteiger partial charge < -0.3 is 20.3 Å². The van der Waals surface area contributed by atoms with Crippen molar-refractivity contribution in [3.8, 4) is 5.75 Å². The van der Waals surface area contributed by atoms with E-state index >= 15 is 0 Å². The van der Waals surface area contributed by atoms with Gasteiger partial charge in [0.2, 0.25) is 5.91 Å². The molecule has 0 aliphatic carbocycles. The topological polar surface area (TPSA) is 70.7 Å². The highest BCUT2D eigenvalue weighted by atomic mass is 35.5. The van der Waals surface area contributed by atoms with Crippen LogP contribution in [0.2, 0.25) is 0 Å². The van der Waals surface area contributed by atoms with E-state index in [0.717, 1.165) is 38.2 Å². The molecule has 1 aliphatic heterocycles. The SMILES string of the molecule is CCOc1ccc(C(=O)NC(C(=O)N2CCC(CNC)CC2)C(C)C)cc1.Cl. The lowest BCUT2D eigenvalue weighted by Crippen LogP contribution is -2.53. The molecule has 1 unspecified atom stereocenters. The number of piperidine rings is 1. The summed E-state index contributed by atoms with van der Waals surface area (Å²) in [6.07, 6.45) is 2.01. The summed E-state index contributed by atoms with van der Waals surface area (Å²) >= 11 is 0. The summed E-state index contributed by atoms with van der Waals surface area (Å²) in [6, 6.07) is 6.50. The Bertz CT molecular complexity index is 614. The molecule has 2 rings (SSSR count). The maximum atomic E-state index is 13.0. The van der Waals surface area contributed by atoms with E-state index in [9.17, 15) is 9.59 Å². The molecule has 0 spiro atoms.